The van der Waals surface area contributed by atoms with Crippen molar-refractivity contribution >= 4 is 12.5 Å². The third kappa shape index (κ3) is 149. The Morgan fingerprint density at radius 3 is 1.00 bits per heavy atom. The zero-order chi connectivity index (χ0) is 5.58. The minimum atomic E-state index is 0. The van der Waals surface area contributed by atoms with Gasteiger partial charge in [0.25, 0.3) is 0 Å². The highest BCUT2D eigenvalue weighted by atomic mass is 127. The van der Waals surface area contributed by atoms with Crippen LogP contribution in [0.4, 0.5) is 0 Å². The van der Waals surface area contributed by atoms with Crippen LogP contribution in [-0.2, 0) is 16.7 Å². The molecule has 0 heterocycles. The fraction of sp³-hybridized carbons (Fsp3) is 1.00. The van der Waals surface area contributed by atoms with E-state index in [-0.39, 0.29) is 48.0 Å². The zero-order valence-electron chi connectivity index (χ0n) is 5.11. The molecule has 0 aromatic carbocycles. The Labute approximate surface area is 90.0 Å². The van der Waals surface area contributed by atoms with Gasteiger partial charge >= 0.3 is 12.5 Å². The van der Waals surface area contributed by atoms with E-state index in [1.807, 2.05) is 0 Å². The average Bonchev–Trinajstić information content (AvgIpc) is 1.41. The molecule has 0 bridgehead atoms. The molecule has 1 N–H and O–H groups in total. The molecule has 0 spiro atoms. The molecule has 0 aliphatic heterocycles. The van der Waals surface area contributed by atoms with E-state index in [0.29, 0.717) is 0 Å². The summed E-state index contributed by atoms with van der Waals surface area (Å²) in [6.45, 7) is 0. The first-order chi connectivity index (χ1) is 2.73. The third-order valence-electron chi connectivity index (χ3n) is 0. The monoisotopic (exact) mass is 363 g/mol. The van der Waals surface area contributed by atoms with Crippen LogP contribution in [0, 0.1) is 0 Å². The fourth-order valence-corrected chi connectivity index (χ4v) is 0. The Balaban J connectivity index is -0.0000000183. The van der Waals surface area contributed by atoms with Gasteiger partial charge in [-0.05, 0) is 0 Å². The number of rotatable bonds is 0. The molecule has 0 saturated heterocycles. The van der Waals surface area contributed by atoms with Crippen LogP contribution in [0.15, 0.2) is 0 Å². The van der Waals surface area contributed by atoms with E-state index in [2.05, 4.69) is 33.7 Å². The fourth-order valence-electron chi connectivity index (χ4n) is 0. The van der Waals surface area contributed by atoms with Gasteiger partial charge in [0, 0.05) is 4.21 Å². The van der Waals surface area contributed by atoms with E-state index in [4.69, 9.17) is 4.21 Å². The largest absolute Gasteiger partial charge is 1.00 e. The van der Waals surface area contributed by atoms with Crippen molar-refractivity contribution in [1.29, 1.82) is 0 Å². The molecule has 0 aromatic rings. The number of quaternary nitrogens is 1. The van der Waals surface area contributed by atoms with Gasteiger partial charge in [-0.15, -0.1) is 0 Å². The molecular formula is C3H11I2NOS. The summed E-state index contributed by atoms with van der Waals surface area (Å²) in [4.78, 5) is 1.42. The molecule has 0 rings (SSSR count). The summed E-state index contributed by atoms with van der Waals surface area (Å²) in [6, 6.07) is 0. The third-order valence-corrected chi connectivity index (χ3v) is 0. The number of halogens is 2. The molecule has 0 aliphatic carbocycles. The van der Waals surface area contributed by atoms with Crippen LogP contribution in [0.25, 0.3) is 0 Å². The maximum absolute atomic E-state index is 7.94. The summed E-state index contributed by atoms with van der Waals surface area (Å²) in [5.74, 6) is 0. The maximum Gasteiger partial charge on any atom is 0.443 e. The highest BCUT2D eigenvalue weighted by Crippen LogP contribution is 0.864. The van der Waals surface area contributed by atoms with Gasteiger partial charge in [-0.25, -0.2) is 0 Å². The second kappa shape index (κ2) is 23.7. The van der Waals surface area contributed by atoms with Crippen LogP contribution in [0.2, 0.25) is 0 Å². The van der Waals surface area contributed by atoms with Crippen LogP contribution < -0.4 is 52.9 Å². The summed E-state index contributed by atoms with van der Waals surface area (Å²) in [6.07, 6.45) is 0. The quantitative estimate of drug-likeness (QED) is 0.258. The summed E-state index contributed by atoms with van der Waals surface area (Å²) in [7, 11) is 6.25. The van der Waals surface area contributed by atoms with Gasteiger partial charge in [0.1, 0.15) is 0 Å². The Bertz CT molecular complexity index is 28.5. The molecule has 8 heavy (non-hydrogen) atoms. The predicted molar refractivity (Wildman–Crippen MR) is 28.2 cm³/mol. The second-order valence-electron chi connectivity index (χ2n) is 1.50. The highest BCUT2D eigenvalue weighted by molar-refractivity contribution is 7.44. The van der Waals surface area contributed by atoms with Crippen LogP contribution in [-0.4, -0.2) is 21.1 Å². The molecule has 2 nitrogen and oxygen atoms in total. The van der Waals surface area contributed by atoms with Crippen LogP contribution in [0.3, 0.4) is 0 Å². The van der Waals surface area contributed by atoms with Crippen LogP contribution in [0.1, 0.15) is 0 Å². The van der Waals surface area contributed by atoms with Crippen LogP contribution in [0.5, 0.6) is 0 Å². The lowest BCUT2D eigenvalue weighted by Gasteiger charge is -1.88. The Kier molecular flexibility index (Phi) is 67.3. The van der Waals surface area contributed by atoms with Gasteiger partial charge < -0.3 is 52.9 Å². The summed E-state index contributed by atoms with van der Waals surface area (Å²) < 4.78 is 7.94. The van der Waals surface area contributed by atoms with E-state index in [1.165, 1.54) is 4.90 Å². The number of nitrogens with one attached hydrogen (secondary N) is 1. The molecule has 0 aromatic heterocycles. The molecule has 0 unspecified atom stereocenters. The molecule has 0 amide bonds. The topological polar surface area (TPSA) is 21.5 Å². The highest BCUT2D eigenvalue weighted by Gasteiger charge is 1.61. The zero-order valence-corrected chi connectivity index (χ0v) is 10.3. The van der Waals surface area contributed by atoms with Crippen molar-refractivity contribution in [3.63, 3.8) is 0 Å². The molecule has 0 atom stereocenters. The Morgan fingerprint density at radius 2 is 1.00 bits per heavy atom. The number of hydrogen-bond donors (Lipinski definition) is 1. The van der Waals surface area contributed by atoms with Crippen LogP contribution >= 0.6 is 0 Å². The second-order valence-corrected chi connectivity index (χ2v) is 1.50. The molecule has 5 heteroatoms. The van der Waals surface area contributed by atoms with Crippen molar-refractivity contribution in [1.82, 2.24) is 0 Å². The lowest BCUT2D eigenvalue weighted by atomic mass is 11.0. The number of thiol groups is 1. The predicted octanol–water partition coefficient (Wildman–Crippen LogP) is -7.62. The number of hydrogen-bond acceptors (Lipinski definition) is 1. The SMILES string of the molecule is C[NH+](C)C.O=[SH+].[I-].[I-]. The molecule has 54 valence electrons. The minimum absolute atomic E-state index is 0. The molecular weight excluding hydrogens is 352 g/mol. The van der Waals surface area contributed by atoms with Gasteiger partial charge in [0.2, 0.25) is 0 Å². The van der Waals surface area contributed by atoms with Crippen molar-refractivity contribution in [2.24, 2.45) is 0 Å². The molecule has 0 radical (unpaired) electrons. The van der Waals surface area contributed by atoms with Gasteiger partial charge in [0.15, 0.2) is 0 Å². The maximum atomic E-state index is 7.94. The Hall–Kier alpha value is 1.44. The summed E-state index contributed by atoms with van der Waals surface area (Å²) >= 11 is 2.28. The molecule has 0 aliphatic rings. The molecule has 0 saturated carbocycles. The first-order valence-corrected chi connectivity index (χ1v) is 2.05. The van der Waals surface area contributed by atoms with Crippen molar-refractivity contribution in [2.45, 2.75) is 0 Å². The lowest BCUT2D eigenvalue weighted by molar-refractivity contribution is -0.836. The standard InChI is InChI=1S/C3H9N.2HI.OS/c1-4(2)3;;;1-2/h1-3H3;2*1H;. The van der Waals surface area contributed by atoms with E-state index in [1.54, 1.807) is 0 Å². The smallest absolute Gasteiger partial charge is 0.443 e. The van der Waals surface area contributed by atoms with Crippen molar-refractivity contribution in [3.8, 4) is 0 Å². The van der Waals surface area contributed by atoms with Gasteiger partial charge in [-0.1, -0.05) is 0 Å². The van der Waals surface area contributed by atoms with Gasteiger partial charge in [-0.3, -0.25) is 0 Å². The molecule has 0 fully saturated rings. The first kappa shape index (κ1) is 22.7. The minimum Gasteiger partial charge on any atom is -1.00 e. The summed E-state index contributed by atoms with van der Waals surface area (Å²) in [5.41, 5.74) is 0. The van der Waals surface area contributed by atoms with E-state index >= 15 is 0 Å². The van der Waals surface area contributed by atoms with E-state index in [9.17, 15) is 0 Å². The summed E-state index contributed by atoms with van der Waals surface area (Å²) in [5, 5.41) is 0. The van der Waals surface area contributed by atoms with E-state index in [0.717, 1.165) is 0 Å². The van der Waals surface area contributed by atoms with Gasteiger partial charge in [0.05, 0.1) is 21.1 Å². The van der Waals surface area contributed by atoms with Crippen molar-refractivity contribution < 1.29 is 57.1 Å². The Morgan fingerprint density at radius 1 is 1.00 bits per heavy atom. The van der Waals surface area contributed by atoms with E-state index < -0.39 is 0 Å². The van der Waals surface area contributed by atoms with Crippen molar-refractivity contribution in [3.05, 3.63) is 0 Å². The average molecular weight is 363 g/mol. The lowest BCUT2D eigenvalue weighted by Crippen LogP contribution is -3.02. The first-order valence-electron chi connectivity index (χ1n) is 1.68. The van der Waals surface area contributed by atoms with Crippen molar-refractivity contribution in [2.75, 3.05) is 21.1 Å². The van der Waals surface area contributed by atoms with Gasteiger partial charge in [-0.2, -0.15) is 0 Å². The normalized spacial score (nSPS) is 5.00.